The zero-order valence-electron chi connectivity index (χ0n) is 21.9. The molecule has 8 heteroatoms. The second-order valence-electron chi connectivity index (χ2n) is 13.4. The Labute approximate surface area is 205 Å². The molecule has 0 aromatic heterocycles. The maximum atomic E-state index is 13.7. The molecule has 9 atom stereocenters. The fourth-order valence-electron chi connectivity index (χ4n) is 8.32. The molecule has 4 fully saturated rings. The molecule has 1 spiro atoms. The summed E-state index contributed by atoms with van der Waals surface area (Å²) in [5, 5.41) is 0. The molecule has 6 nitrogen and oxygen atoms in total. The fourth-order valence-corrected chi connectivity index (χ4v) is 10.6. The van der Waals surface area contributed by atoms with Gasteiger partial charge in [-0.1, -0.05) is 18.2 Å². The number of esters is 2. The highest BCUT2D eigenvalue weighted by atomic mass is 28.4. The monoisotopic (exact) mass is 504 g/mol. The van der Waals surface area contributed by atoms with Crippen LogP contribution in [-0.4, -0.2) is 53.5 Å². The van der Waals surface area contributed by atoms with Gasteiger partial charge in [-0.2, -0.15) is 0 Å². The standard InChI is InChI=1S/C26H40O6Si2/c1-15-13-25-14-16(15)17(31-33(4,5)6)12-18(25)26-11-10-19(32-34(7,8)9)24(2,23(28)30-26)21(26)20(25)22(27)29-3/h10-11,16-21H,1,12-14H2,2-9H3/t16?,17-,18+,19-,20+,21+,24?,25-,26+/m0/s1. The first kappa shape index (κ1) is 24.5. The molecule has 2 unspecified atom stereocenters. The average molecular weight is 505 g/mol. The van der Waals surface area contributed by atoms with Crippen molar-refractivity contribution < 1.29 is 27.9 Å². The van der Waals surface area contributed by atoms with E-state index >= 15 is 0 Å². The average Bonchev–Trinajstić information content (AvgIpc) is 3.18. The van der Waals surface area contributed by atoms with E-state index in [1.165, 1.54) is 12.7 Å². The maximum Gasteiger partial charge on any atom is 0.316 e. The molecule has 1 saturated heterocycles. The molecule has 0 aromatic carbocycles. The van der Waals surface area contributed by atoms with Crippen molar-refractivity contribution in [3.63, 3.8) is 0 Å². The van der Waals surface area contributed by atoms with Gasteiger partial charge in [0.05, 0.1) is 25.2 Å². The second kappa shape index (κ2) is 7.17. The van der Waals surface area contributed by atoms with Gasteiger partial charge in [0.1, 0.15) is 11.0 Å². The molecule has 34 heavy (non-hydrogen) atoms. The van der Waals surface area contributed by atoms with Gasteiger partial charge < -0.3 is 18.3 Å². The van der Waals surface area contributed by atoms with Crippen LogP contribution in [0.4, 0.5) is 0 Å². The Morgan fingerprint density at radius 1 is 1.15 bits per heavy atom. The molecule has 0 radical (unpaired) electrons. The SMILES string of the molecule is C=C1C[C@]23CC1[C@@H](O[Si](C)(C)C)C[C@H]2[C@@]12C=C[C@H](O[Si](C)(C)C)C(C)(C(=O)O1)[C@H]2[C@@H]3C(=O)OC. The van der Waals surface area contributed by atoms with Gasteiger partial charge in [0.2, 0.25) is 0 Å². The third-order valence-corrected chi connectivity index (χ3v) is 11.2. The van der Waals surface area contributed by atoms with Gasteiger partial charge in [-0.3, -0.25) is 9.59 Å². The van der Waals surface area contributed by atoms with Gasteiger partial charge >= 0.3 is 11.9 Å². The van der Waals surface area contributed by atoms with Gasteiger partial charge in [-0.05, 0) is 77.0 Å². The number of hydrogen-bond donors (Lipinski definition) is 0. The van der Waals surface area contributed by atoms with Gasteiger partial charge in [-0.15, -0.1) is 0 Å². The Kier molecular flexibility index (Phi) is 5.16. The van der Waals surface area contributed by atoms with E-state index in [1.54, 1.807) is 0 Å². The lowest BCUT2D eigenvalue weighted by atomic mass is 9.61. The predicted molar refractivity (Wildman–Crippen MR) is 134 cm³/mol. The summed E-state index contributed by atoms with van der Waals surface area (Å²) in [6, 6.07) is 0. The molecule has 4 bridgehead atoms. The molecule has 3 saturated carbocycles. The van der Waals surface area contributed by atoms with Crippen LogP contribution in [0.25, 0.3) is 0 Å². The van der Waals surface area contributed by atoms with Crippen molar-refractivity contribution in [2.45, 2.75) is 83.3 Å². The van der Waals surface area contributed by atoms with Crippen molar-refractivity contribution in [1.29, 1.82) is 0 Å². The molecule has 5 aliphatic rings. The lowest BCUT2D eigenvalue weighted by Gasteiger charge is -2.46. The number of ether oxygens (including phenoxy) is 2. The Morgan fingerprint density at radius 3 is 2.38 bits per heavy atom. The first-order chi connectivity index (χ1) is 15.6. The molecule has 5 rings (SSSR count). The highest BCUT2D eigenvalue weighted by Gasteiger charge is 2.83. The Morgan fingerprint density at radius 2 is 1.79 bits per heavy atom. The minimum atomic E-state index is -1.98. The molecular formula is C26H40O6Si2. The Balaban J connectivity index is 1.67. The quantitative estimate of drug-likeness (QED) is 0.307. The molecule has 1 aliphatic heterocycles. The van der Waals surface area contributed by atoms with E-state index < -0.39 is 39.7 Å². The number of carbonyl (C=O) groups excluding carboxylic acids is 2. The fraction of sp³-hybridized carbons (Fsp3) is 0.769. The minimum absolute atomic E-state index is 0.0131. The van der Waals surface area contributed by atoms with E-state index in [9.17, 15) is 9.59 Å². The zero-order chi connectivity index (χ0) is 25.1. The highest BCUT2D eigenvalue weighted by molar-refractivity contribution is 6.70. The Hall–Kier alpha value is -1.23. The summed E-state index contributed by atoms with van der Waals surface area (Å²) in [5.41, 5.74) is -0.935. The van der Waals surface area contributed by atoms with Crippen molar-refractivity contribution in [3.05, 3.63) is 24.3 Å². The topological polar surface area (TPSA) is 71.1 Å². The van der Waals surface area contributed by atoms with Gasteiger partial charge in [0.15, 0.2) is 16.6 Å². The molecule has 4 aliphatic carbocycles. The van der Waals surface area contributed by atoms with Crippen LogP contribution in [0.1, 0.15) is 26.2 Å². The van der Waals surface area contributed by atoms with Gasteiger partial charge in [0, 0.05) is 17.8 Å². The second-order valence-corrected chi connectivity index (χ2v) is 22.4. The van der Waals surface area contributed by atoms with E-state index in [2.05, 4.69) is 58.0 Å². The van der Waals surface area contributed by atoms with Crippen LogP contribution in [0.3, 0.4) is 0 Å². The molecule has 0 aromatic rings. The summed E-state index contributed by atoms with van der Waals surface area (Å²) < 4.78 is 25.1. The van der Waals surface area contributed by atoms with Crippen LogP contribution >= 0.6 is 0 Å². The van der Waals surface area contributed by atoms with Crippen LogP contribution < -0.4 is 0 Å². The third kappa shape index (κ3) is 3.10. The molecule has 0 amide bonds. The number of hydrogen-bond acceptors (Lipinski definition) is 6. The number of fused-ring (bicyclic) bond motifs is 1. The highest BCUT2D eigenvalue weighted by Crippen LogP contribution is 2.77. The summed E-state index contributed by atoms with van der Waals surface area (Å²) in [4.78, 5) is 27.3. The van der Waals surface area contributed by atoms with Gasteiger partial charge in [0.25, 0.3) is 0 Å². The summed E-state index contributed by atoms with van der Waals surface area (Å²) in [6.07, 6.45) is 6.13. The first-order valence-electron chi connectivity index (χ1n) is 12.6. The van der Waals surface area contributed by atoms with Crippen molar-refractivity contribution in [2.75, 3.05) is 7.11 Å². The number of methoxy groups -OCH3 is 1. The number of carbonyl (C=O) groups is 2. The first-order valence-corrected chi connectivity index (χ1v) is 19.4. The maximum absolute atomic E-state index is 13.7. The van der Waals surface area contributed by atoms with Crippen molar-refractivity contribution in [2.24, 2.45) is 34.5 Å². The molecule has 0 N–H and O–H groups in total. The minimum Gasteiger partial charge on any atom is -0.469 e. The van der Waals surface area contributed by atoms with Crippen LogP contribution in [0.2, 0.25) is 39.3 Å². The zero-order valence-corrected chi connectivity index (χ0v) is 23.9. The largest absolute Gasteiger partial charge is 0.469 e. The normalized spacial score (nSPS) is 46.8. The van der Waals surface area contributed by atoms with E-state index in [0.29, 0.717) is 0 Å². The summed E-state index contributed by atoms with van der Waals surface area (Å²) in [6.45, 7) is 19.4. The van der Waals surface area contributed by atoms with Crippen LogP contribution in [0.15, 0.2) is 24.3 Å². The van der Waals surface area contributed by atoms with Crippen LogP contribution in [0, 0.1) is 34.5 Å². The molecule has 188 valence electrons. The molecule has 1 heterocycles. The Bertz CT molecular complexity index is 979. The summed E-state index contributed by atoms with van der Waals surface area (Å²) >= 11 is 0. The number of rotatable bonds is 5. The van der Waals surface area contributed by atoms with E-state index in [4.69, 9.17) is 18.3 Å². The third-order valence-electron chi connectivity index (χ3n) is 9.19. The lowest BCUT2D eigenvalue weighted by molar-refractivity contribution is -0.164. The molecular weight excluding hydrogens is 464 g/mol. The summed E-state index contributed by atoms with van der Waals surface area (Å²) in [7, 11) is -2.33. The van der Waals surface area contributed by atoms with Crippen molar-refractivity contribution in [3.8, 4) is 0 Å². The van der Waals surface area contributed by atoms with Crippen LogP contribution in [0.5, 0.6) is 0 Å². The van der Waals surface area contributed by atoms with Crippen molar-refractivity contribution >= 4 is 28.6 Å². The van der Waals surface area contributed by atoms with E-state index in [1.807, 2.05) is 6.92 Å². The van der Waals surface area contributed by atoms with Crippen LogP contribution in [-0.2, 0) is 27.9 Å². The van der Waals surface area contributed by atoms with Crippen molar-refractivity contribution in [1.82, 2.24) is 0 Å². The van der Waals surface area contributed by atoms with E-state index in [0.717, 1.165) is 19.3 Å². The van der Waals surface area contributed by atoms with E-state index in [-0.39, 0.29) is 41.2 Å². The lowest BCUT2D eigenvalue weighted by Crippen LogP contribution is -2.54. The summed E-state index contributed by atoms with van der Waals surface area (Å²) in [5.74, 6) is -1.04. The smallest absolute Gasteiger partial charge is 0.316 e. The van der Waals surface area contributed by atoms with Gasteiger partial charge in [-0.25, -0.2) is 0 Å². The predicted octanol–water partition coefficient (Wildman–Crippen LogP) is 4.69.